The second kappa shape index (κ2) is 20.0. The Labute approximate surface area is 319 Å². The first kappa shape index (κ1) is 44.3. The molecule has 7 nitrogen and oxygen atoms in total. The molecule has 1 heterocycles. The summed E-state index contributed by atoms with van der Waals surface area (Å²) in [7, 11) is 0. The van der Waals surface area contributed by atoms with Gasteiger partial charge in [-0.2, -0.15) is 0 Å². The van der Waals surface area contributed by atoms with Gasteiger partial charge >= 0.3 is 0 Å². The molecular weight excluding hydrogens is 664 g/mol. The van der Waals surface area contributed by atoms with Gasteiger partial charge in [0.25, 0.3) is 0 Å². The third-order valence-corrected chi connectivity index (χ3v) is 10.4. The number of allylic oxidation sites excluding steroid dienone is 20. The molecule has 3 aliphatic rings. The quantitative estimate of drug-likeness (QED) is 0.121. The van der Waals surface area contributed by atoms with Crippen LogP contribution in [0.1, 0.15) is 94.9 Å². The maximum Gasteiger partial charge on any atom is 0.186 e. The first-order valence-electron chi connectivity index (χ1n) is 19.0. The van der Waals surface area contributed by atoms with Crippen LogP contribution in [0.5, 0.6) is 0 Å². The van der Waals surface area contributed by atoms with E-state index in [2.05, 4.69) is 142 Å². The smallest absolute Gasteiger partial charge is 0.186 e. The summed E-state index contributed by atoms with van der Waals surface area (Å²) in [5, 5.41) is 50.3. The van der Waals surface area contributed by atoms with Crippen molar-refractivity contribution in [1.29, 1.82) is 0 Å². The van der Waals surface area contributed by atoms with Crippen LogP contribution in [0.15, 0.2) is 130 Å². The van der Waals surface area contributed by atoms with Crippen molar-refractivity contribution in [3.05, 3.63) is 130 Å². The van der Waals surface area contributed by atoms with E-state index in [0.717, 1.165) is 29.6 Å². The first-order chi connectivity index (χ1) is 24.8. The lowest BCUT2D eigenvalue weighted by molar-refractivity contribution is -0.313. The fourth-order valence-electron chi connectivity index (χ4n) is 7.56. The van der Waals surface area contributed by atoms with Crippen LogP contribution in [-0.4, -0.2) is 75.1 Å². The highest BCUT2D eigenvalue weighted by Gasteiger charge is 2.46. The van der Waals surface area contributed by atoms with E-state index in [9.17, 15) is 25.5 Å². The zero-order chi connectivity index (χ0) is 39.5. The predicted molar refractivity (Wildman–Crippen MR) is 217 cm³/mol. The minimum absolute atomic E-state index is 0.0167. The van der Waals surface area contributed by atoms with Gasteiger partial charge in [-0.15, -0.1) is 0 Å². The molecule has 0 bridgehead atoms. The molecule has 0 radical (unpaired) electrons. The molecule has 0 spiro atoms. The van der Waals surface area contributed by atoms with Gasteiger partial charge in [-0.25, -0.2) is 0 Å². The van der Waals surface area contributed by atoms with Crippen molar-refractivity contribution in [3.8, 4) is 0 Å². The maximum absolute atomic E-state index is 10.4. The molecule has 7 unspecified atom stereocenters. The van der Waals surface area contributed by atoms with E-state index >= 15 is 0 Å². The van der Waals surface area contributed by atoms with Gasteiger partial charge in [0, 0.05) is 0 Å². The highest BCUT2D eigenvalue weighted by molar-refractivity contribution is 5.39. The zero-order valence-corrected chi connectivity index (χ0v) is 33.7. The fraction of sp³-hybridized carbons (Fsp3) is 0.522. The third-order valence-electron chi connectivity index (χ3n) is 10.4. The van der Waals surface area contributed by atoms with E-state index in [0.29, 0.717) is 12.8 Å². The van der Waals surface area contributed by atoms with Gasteiger partial charge in [0.1, 0.15) is 24.4 Å². The molecule has 292 valence electrons. The highest BCUT2D eigenvalue weighted by Crippen LogP contribution is 2.43. The Hall–Kier alpha value is -3.14. The SMILES string of the molecule is CC(C=CC=C(C)C=CC1=C(C)CC(O)CC1(C)C)=CC=CC=C(C)C=CC=C(C)C=CC1=C(C)CC(OC2OC(CO)C(O)C(O)C2O)CC1(C)C. The van der Waals surface area contributed by atoms with Gasteiger partial charge in [0.15, 0.2) is 6.29 Å². The summed E-state index contributed by atoms with van der Waals surface area (Å²) < 4.78 is 11.7. The fourth-order valence-corrected chi connectivity index (χ4v) is 7.56. The molecule has 1 saturated heterocycles. The molecular formula is C46H66O7. The summed E-state index contributed by atoms with van der Waals surface area (Å²) in [6, 6.07) is 0. The van der Waals surface area contributed by atoms with Gasteiger partial charge in [-0.1, -0.05) is 146 Å². The molecule has 3 rings (SSSR count). The summed E-state index contributed by atoms with van der Waals surface area (Å²) in [6.45, 7) is 20.8. The van der Waals surface area contributed by atoms with Gasteiger partial charge in [-0.3, -0.25) is 0 Å². The van der Waals surface area contributed by atoms with Crippen LogP contribution in [0.25, 0.3) is 0 Å². The average molecular weight is 731 g/mol. The summed E-state index contributed by atoms with van der Waals surface area (Å²) in [4.78, 5) is 0. The molecule has 0 saturated carbocycles. The lowest BCUT2D eigenvalue weighted by atomic mass is 9.71. The number of rotatable bonds is 13. The van der Waals surface area contributed by atoms with Crippen LogP contribution < -0.4 is 0 Å². The van der Waals surface area contributed by atoms with Crippen molar-refractivity contribution in [1.82, 2.24) is 0 Å². The summed E-state index contributed by atoms with van der Waals surface area (Å²) in [6.07, 6.45) is 25.5. The Bertz CT molecular complexity index is 1600. The standard InChI is InChI=1S/C46H66O7/c1-30(17-13-19-32(3)21-23-38-34(5)25-36(48)27-45(38,7)8)15-11-12-16-31(2)18-14-20-33(4)22-24-39-35(6)26-37(28-46(39,9)10)52-44-43(51)42(50)41(49)40(29-47)53-44/h11-24,36-37,40-44,47-51H,25-29H2,1-10H3. The number of hydrogen-bond acceptors (Lipinski definition) is 7. The molecule has 7 heteroatoms. The van der Waals surface area contributed by atoms with Crippen LogP contribution in [0.4, 0.5) is 0 Å². The molecule has 0 aromatic rings. The third kappa shape index (κ3) is 13.3. The Kier molecular flexibility index (Phi) is 16.7. The average Bonchev–Trinajstić information content (AvgIpc) is 3.05. The van der Waals surface area contributed by atoms with Crippen LogP contribution in [0.2, 0.25) is 0 Å². The van der Waals surface area contributed by atoms with Crippen molar-refractivity contribution in [2.24, 2.45) is 10.8 Å². The summed E-state index contributed by atoms with van der Waals surface area (Å²) in [5.41, 5.74) is 9.39. The Morgan fingerprint density at radius 2 is 1.09 bits per heavy atom. The van der Waals surface area contributed by atoms with Crippen LogP contribution in [0.3, 0.4) is 0 Å². The maximum atomic E-state index is 10.4. The molecule has 0 amide bonds. The lowest BCUT2D eigenvalue weighted by Crippen LogP contribution is -2.59. The minimum Gasteiger partial charge on any atom is -0.394 e. The number of aliphatic hydroxyl groups excluding tert-OH is 5. The molecule has 1 aliphatic heterocycles. The molecule has 0 aromatic carbocycles. The van der Waals surface area contributed by atoms with Crippen molar-refractivity contribution >= 4 is 0 Å². The van der Waals surface area contributed by atoms with Crippen molar-refractivity contribution in [3.63, 3.8) is 0 Å². The first-order valence-corrected chi connectivity index (χ1v) is 19.0. The molecule has 5 N–H and O–H groups in total. The summed E-state index contributed by atoms with van der Waals surface area (Å²) >= 11 is 0. The molecule has 0 aromatic heterocycles. The topological polar surface area (TPSA) is 120 Å². The predicted octanol–water partition coefficient (Wildman–Crippen LogP) is 8.37. The van der Waals surface area contributed by atoms with Crippen molar-refractivity contribution < 1.29 is 35.0 Å². The summed E-state index contributed by atoms with van der Waals surface area (Å²) in [5.74, 6) is 0. The van der Waals surface area contributed by atoms with E-state index in [4.69, 9.17) is 9.47 Å². The van der Waals surface area contributed by atoms with Crippen LogP contribution in [0, 0.1) is 10.8 Å². The Balaban J connectivity index is 1.52. The largest absolute Gasteiger partial charge is 0.394 e. The van der Waals surface area contributed by atoms with E-state index in [-0.39, 0.29) is 23.0 Å². The van der Waals surface area contributed by atoms with Gasteiger partial charge in [0.2, 0.25) is 0 Å². The molecule has 2 aliphatic carbocycles. The van der Waals surface area contributed by atoms with Gasteiger partial charge in [0.05, 0.1) is 18.8 Å². The zero-order valence-electron chi connectivity index (χ0n) is 33.7. The molecule has 1 fully saturated rings. The Morgan fingerprint density at radius 3 is 1.57 bits per heavy atom. The van der Waals surface area contributed by atoms with Crippen molar-refractivity contribution in [2.75, 3.05) is 6.61 Å². The normalized spacial score (nSPS) is 31.1. The lowest BCUT2D eigenvalue weighted by Gasteiger charge is -2.43. The van der Waals surface area contributed by atoms with E-state index in [1.54, 1.807) is 0 Å². The monoisotopic (exact) mass is 730 g/mol. The second-order valence-electron chi connectivity index (χ2n) is 16.5. The number of aliphatic hydroxyl groups is 5. The van der Waals surface area contributed by atoms with E-state index < -0.39 is 37.3 Å². The molecule has 53 heavy (non-hydrogen) atoms. The highest BCUT2D eigenvalue weighted by atomic mass is 16.7. The van der Waals surface area contributed by atoms with E-state index in [1.165, 1.54) is 27.9 Å². The van der Waals surface area contributed by atoms with Crippen LogP contribution >= 0.6 is 0 Å². The number of ether oxygens (including phenoxy) is 2. The van der Waals surface area contributed by atoms with Crippen LogP contribution in [-0.2, 0) is 9.47 Å². The van der Waals surface area contributed by atoms with Gasteiger partial charge in [-0.05, 0) is 89.2 Å². The van der Waals surface area contributed by atoms with Gasteiger partial charge < -0.3 is 35.0 Å². The molecule has 7 atom stereocenters. The minimum atomic E-state index is -1.45. The van der Waals surface area contributed by atoms with Crippen molar-refractivity contribution in [2.45, 2.75) is 138 Å². The van der Waals surface area contributed by atoms with E-state index in [1.807, 2.05) is 12.2 Å². The number of hydrogen-bond donors (Lipinski definition) is 5. The Morgan fingerprint density at radius 1 is 0.642 bits per heavy atom. The second-order valence-corrected chi connectivity index (χ2v) is 16.5.